The zero-order valence-electron chi connectivity index (χ0n) is 24.5. The first-order valence-electron chi connectivity index (χ1n) is 14.2. The molecule has 0 fully saturated rings. The van der Waals surface area contributed by atoms with Crippen LogP contribution in [0.1, 0.15) is 52.5 Å². The molecule has 44 heavy (non-hydrogen) atoms. The Bertz CT molecular complexity index is 1530. The van der Waals surface area contributed by atoms with Gasteiger partial charge in [-0.1, -0.05) is 0 Å². The van der Waals surface area contributed by atoms with Gasteiger partial charge in [0.25, 0.3) is 0 Å². The van der Waals surface area contributed by atoms with E-state index in [2.05, 4.69) is 0 Å². The van der Waals surface area contributed by atoms with Gasteiger partial charge in [-0.05, 0) is 0 Å². The molecule has 1 atom stereocenters. The van der Waals surface area contributed by atoms with E-state index in [-0.39, 0.29) is 31.0 Å². The maximum atomic E-state index is 14.6. The van der Waals surface area contributed by atoms with Crippen molar-refractivity contribution in [2.24, 2.45) is 0 Å². The van der Waals surface area contributed by atoms with Crippen LogP contribution in [-0.4, -0.2) is 48.9 Å². The number of rotatable bonds is 13. The van der Waals surface area contributed by atoms with Crippen LogP contribution in [0.2, 0.25) is 0 Å². The van der Waals surface area contributed by atoms with E-state index in [1.807, 2.05) is 0 Å². The number of hydrogen-bond acceptors (Lipinski definition) is 7. The zero-order valence-corrected chi connectivity index (χ0v) is 26.6. The third kappa shape index (κ3) is 6.89. The third-order valence-electron chi connectivity index (χ3n) is 6.96. The Hall–Kier alpha value is -4.35. The molecule has 0 spiro atoms. The van der Waals surface area contributed by atoms with Gasteiger partial charge in [0.05, 0.1) is 0 Å². The van der Waals surface area contributed by atoms with Crippen LogP contribution in [0, 0.1) is 3.57 Å². The molecule has 0 radical (unpaired) electrons. The van der Waals surface area contributed by atoms with E-state index < -0.39 is 49.8 Å². The summed E-state index contributed by atoms with van der Waals surface area (Å²) in [7, 11) is 0. The fraction of sp³-hybridized carbons (Fsp3) is 0.200. The topological polar surface area (TPSA) is 110 Å². The molecule has 4 rings (SSSR count). The molecular weight excluding hydrogens is 673 g/mol. The summed E-state index contributed by atoms with van der Waals surface area (Å²) in [6, 6.07) is 33.6. The number of ether oxygens (including phenoxy) is 2. The van der Waals surface area contributed by atoms with Crippen LogP contribution in [0.15, 0.2) is 121 Å². The molecule has 0 aromatic heterocycles. The Balaban J connectivity index is 2.09. The number of halogens is 1. The summed E-state index contributed by atoms with van der Waals surface area (Å²) in [5, 5.41) is 0. The van der Waals surface area contributed by atoms with Crippen LogP contribution in [0.4, 0.5) is 0 Å². The molecule has 0 heterocycles. The summed E-state index contributed by atoms with van der Waals surface area (Å²) in [5.74, 6) is -4.62. The fourth-order valence-corrected chi connectivity index (χ4v) is 8.70. The van der Waals surface area contributed by atoms with Crippen molar-refractivity contribution >= 4 is 44.1 Å². The predicted molar refractivity (Wildman–Crippen MR) is 175 cm³/mol. The summed E-state index contributed by atoms with van der Waals surface area (Å²) in [6.45, 7) is 2.89. The fourth-order valence-electron chi connectivity index (χ4n) is 4.94. The third-order valence-corrected chi connectivity index (χ3v) is 10.9. The van der Waals surface area contributed by atoms with Crippen molar-refractivity contribution in [3.63, 3.8) is 0 Å². The van der Waals surface area contributed by atoms with Crippen LogP contribution in [0.5, 0.6) is 0 Å². The maximum absolute atomic E-state index is 14.6. The van der Waals surface area contributed by atoms with Crippen LogP contribution in [0.3, 0.4) is 0 Å². The Kier molecular flexibility index (Phi) is 11.4. The summed E-state index contributed by atoms with van der Waals surface area (Å²) < 4.78 is 24.7. The van der Waals surface area contributed by atoms with Crippen LogP contribution in [0.25, 0.3) is 0 Å². The number of benzene rings is 4. The first-order chi connectivity index (χ1) is 21.4. The summed E-state index contributed by atoms with van der Waals surface area (Å²) in [4.78, 5) is 57.5. The van der Waals surface area contributed by atoms with Crippen molar-refractivity contribution < 1.29 is 32.1 Å². The van der Waals surface area contributed by atoms with Crippen molar-refractivity contribution in [1.29, 1.82) is 0 Å². The molecule has 0 saturated heterocycles. The van der Waals surface area contributed by atoms with Crippen LogP contribution < -0.4 is 0 Å². The zero-order chi connectivity index (χ0) is 31.5. The van der Waals surface area contributed by atoms with E-state index in [0.29, 0.717) is 14.7 Å². The standard InChI is InChI=1S/C35H34INO7/c1-3-43-33(40)35(34(41)44-4-2,30(26-17-9-5-10-18-26)25-31(38)27-19-11-6-12-20-27)37(32(39)28-21-13-7-14-22-28)36(42)29-23-15-8-16-24-29/h5-24,30,42H,3-4,25H2,1-2H3. The number of nitrogens with zero attached hydrogens (tertiary/aromatic N) is 1. The van der Waals surface area contributed by atoms with Crippen molar-refractivity contribution in [2.75, 3.05) is 13.2 Å². The first-order valence-corrected chi connectivity index (χ1v) is 17.2. The predicted octanol–water partition coefficient (Wildman–Crippen LogP) is 6.25. The van der Waals surface area contributed by atoms with E-state index >= 15 is 0 Å². The Morgan fingerprint density at radius 3 is 1.59 bits per heavy atom. The molecule has 228 valence electrons. The molecule has 0 aliphatic rings. The number of carbonyl (C=O) groups excluding carboxylic acids is 4. The number of hydrogen-bond donors (Lipinski definition) is 1. The monoisotopic (exact) mass is 707 g/mol. The first kappa shape index (κ1) is 32.6. The molecule has 1 N–H and O–H groups in total. The summed E-state index contributed by atoms with van der Waals surface area (Å²) >= 11 is -3.96. The second-order valence-electron chi connectivity index (χ2n) is 9.66. The molecule has 8 nitrogen and oxygen atoms in total. The quantitative estimate of drug-likeness (QED) is 0.0576. The van der Waals surface area contributed by atoms with Gasteiger partial charge in [0, 0.05) is 0 Å². The summed E-state index contributed by atoms with van der Waals surface area (Å²) in [6.07, 6.45) is -0.372. The molecule has 4 aromatic carbocycles. The van der Waals surface area contributed by atoms with E-state index in [0.717, 1.165) is 3.11 Å². The van der Waals surface area contributed by atoms with Gasteiger partial charge in [0.15, 0.2) is 0 Å². The molecule has 0 bridgehead atoms. The normalized spacial score (nSPS) is 12.0. The minimum atomic E-state index is -3.96. The van der Waals surface area contributed by atoms with Gasteiger partial charge in [-0.3, -0.25) is 0 Å². The number of esters is 2. The number of ketones is 1. The van der Waals surface area contributed by atoms with Gasteiger partial charge in [-0.25, -0.2) is 0 Å². The molecule has 0 saturated carbocycles. The second-order valence-corrected chi connectivity index (χ2v) is 13.3. The van der Waals surface area contributed by atoms with E-state index in [9.17, 15) is 22.6 Å². The Labute approximate surface area is 264 Å². The molecule has 0 aliphatic heterocycles. The molecule has 9 heteroatoms. The van der Waals surface area contributed by atoms with Crippen LogP contribution >= 0.6 is 20.5 Å². The van der Waals surface area contributed by atoms with Crippen molar-refractivity contribution in [3.8, 4) is 0 Å². The molecule has 1 amide bonds. The Morgan fingerprint density at radius 1 is 0.682 bits per heavy atom. The Morgan fingerprint density at radius 2 is 1.11 bits per heavy atom. The average Bonchev–Trinajstić information content (AvgIpc) is 3.07. The number of amides is 1. The summed E-state index contributed by atoms with van der Waals surface area (Å²) in [5.41, 5.74) is -1.65. The van der Waals surface area contributed by atoms with Gasteiger partial charge < -0.3 is 0 Å². The van der Waals surface area contributed by atoms with Gasteiger partial charge in [0.2, 0.25) is 0 Å². The number of carbonyl (C=O) groups is 4. The van der Waals surface area contributed by atoms with Gasteiger partial charge in [-0.2, -0.15) is 0 Å². The average molecular weight is 708 g/mol. The van der Waals surface area contributed by atoms with Crippen molar-refractivity contribution in [2.45, 2.75) is 31.7 Å². The number of Topliss-reactive ketones (excluding diaryl/α,β-unsaturated/α-hetero) is 1. The molecular formula is C35H34INO7. The SMILES string of the molecule is CCOC(=O)C(C(=O)OCC)(C(CC(=O)c1ccccc1)c1ccccc1)N(C(=O)c1ccccc1)I(O)c1ccccc1. The second kappa shape index (κ2) is 15.4. The van der Waals surface area contributed by atoms with E-state index in [4.69, 9.17) is 9.47 Å². The van der Waals surface area contributed by atoms with Gasteiger partial charge >= 0.3 is 266 Å². The van der Waals surface area contributed by atoms with Crippen LogP contribution in [-0.2, 0) is 19.1 Å². The van der Waals surface area contributed by atoms with E-state index in [1.165, 1.54) is 12.1 Å². The van der Waals surface area contributed by atoms with E-state index in [1.54, 1.807) is 123 Å². The molecule has 4 aromatic rings. The molecule has 0 aliphatic carbocycles. The van der Waals surface area contributed by atoms with Crippen molar-refractivity contribution in [3.05, 3.63) is 142 Å². The van der Waals surface area contributed by atoms with Gasteiger partial charge in [-0.15, -0.1) is 0 Å². The van der Waals surface area contributed by atoms with Gasteiger partial charge in [0.1, 0.15) is 0 Å². The van der Waals surface area contributed by atoms with Crippen molar-refractivity contribution in [1.82, 2.24) is 3.11 Å². The minimum absolute atomic E-state index is 0.132. The molecule has 1 unspecified atom stereocenters.